The monoisotopic (exact) mass is 244 g/mol. The van der Waals surface area contributed by atoms with E-state index in [2.05, 4.69) is 10.3 Å². The molecule has 1 aromatic heterocycles. The first-order valence-corrected chi connectivity index (χ1v) is 5.87. The first-order valence-electron chi connectivity index (χ1n) is 5.87. The molecule has 2 aromatic rings. The standard InChI is InChI=1S/C14H16N2O2/c1-10-3-5-12(6-4-10)7-14(17)15-8-13-9-18-11(2)16-13/h3-6,9H,7-8H2,1-2H3,(H,15,17). The van der Waals surface area contributed by atoms with Gasteiger partial charge in [0, 0.05) is 6.92 Å². The summed E-state index contributed by atoms with van der Waals surface area (Å²) < 4.78 is 5.07. The molecule has 0 saturated heterocycles. The van der Waals surface area contributed by atoms with Gasteiger partial charge in [-0.15, -0.1) is 0 Å². The molecule has 0 aliphatic heterocycles. The van der Waals surface area contributed by atoms with E-state index in [0.29, 0.717) is 18.9 Å². The SMILES string of the molecule is Cc1ccc(CC(=O)NCc2coc(C)n2)cc1. The number of nitrogens with one attached hydrogen (secondary N) is 1. The highest BCUT2D eigenvalue weighted by Crippen LogP contribution is 2.04. The van der Waals surface area contributed by atoms with E-state index in [4.69, 9.17) is 4.42 Å². The molecular weight excluding hydrogens is 228 g/mol. The van der Waals surface area contributed by atoms with Gasteiger partial charge in [-0.2, -0.15) is 0 Å². The second kappa shape index (κ2) is 5.49. The van der Waals surface area contributed by atoms with Crippen LogP contribution in [0.1, 0.15) is 22.7 Å². The van der Waals surface area contributed by atoms with Gasteiger partial charge < -0.3 is 9.73 Å². The number of aromatic nitrogens is 1. The molecular formula is C14H16N2O2. The zero-order valence-electron chi connectivity index (χ0n) is 10.6. The maximum absolute atomic E-state index is 11.7. The summed E-state index contributed by atoms with van der Waals surface area (Å²) in [7, 11) is 0. The molecule has 0 spiro atoms. The Hall–Kier alpha value is -2.10. The molecule has 18 heavy (non-hydrogen) atoms. The highest BCUT2D eigenvalue weighted by atomic mass is 16.3. The molecule has 1 amide bonds. The molecule has 1 heterocycles. The predicted octanol–water partition coefficient (Wildman–Crippen LogP) is 2.15. The third-order valence-electron chi connectivity index (χ3n) is 2.62. The minimum atomic E-state index is -0.0143. The van der Waals surface area contributed by atoms with Crippen molar-refractivity contribution in [3.8, 4) is 0 Å². The van der Waals surface area contributed by atoms with Gasteiger partial charge in [0.15, 0.2) is 5.89 Å². The number of oxazole rings is 1. The third-order valence-corrected chi connectivity index (χ3v) is 2.62. The number of carbonyl (C=O) groups excluding carboxylic acids is 1. The Bertz CT molecular complexity index is 529. The summed E-state index contributed by atoms with van der Waals surface area (Å²) in [6.45, 7) is 4.20. The van der Waals surface area contributed by atoms with Crippen molar-refractivity contribution in [2.75, 3.05) is 0 Å². The van der Waals surface area contributed by atoms with Crippen molar-refractivity contribution in [3.63, 3.8) is 0 Å². The van der Waals surface area contributed by atoms with Crippen molar-refractivity contribution < 1.29 is 9.21 Å². The van der Waals surface area contributed by atoms with Crippen LogP contribution in [-0.4, -0.2) is 10.9 Å². The van der Waals surface area contributed by atoms with Crippen LogP contribution in [0.3, 0.4) is 0 Å². The molecule has 0 bridgehead atoms. The molecule has 0 aliphatic carbocycles. The summed E-state index contributed by atoms with van der Waals surface area (Å²) in [5, 5.41) is 2.81. The Labute approximate surface area is 106 Å². The van der Waals surface area contributed by atoms with E-state index in [1.807, 2.05) is 31.2 Å². The van der Waals surface area contributed by atoms with Gasteiger partial charge >= 0.3 is 0 Å². The zero-order chi connectivity index (χ0) is 13.0. The number of rotatable bonds is 4. The molecule has 0 fully saturated rings. The average molecular weight is 244 g/mol. The fourth-order valence-corrected chi connectivity index (χ4v) is 1.63. The number of amides is 1. The molecule has 0 atom stereocenters. The number of aryl methyl sites for hydroxylation is 2. The van der Waals surface area contributed by atoms with Crippen molar-refractivity contribution in [3.05, 3.63) is 53.2 Å². The van der Waals surface area contributed by atoms with Crippen molar-refractivity contribution in [1.29, 1.82) is 0 Å². The summed E-state index contributed by atoms with van der Waals surface area (Å²) in [5.74, 6) is 0.595. The van der Waals surface area contributed by atoms with E-state index < -0.39 is 0 Å². The van der Waals surface area contributed by atoms with Crippen molar-refractivity contribution in [2.24, 2.45) is 0 Å². The van der Waals surface area contributed by atoms with Crippen LogP contribution >= 0.6 is 0 Å². The lowest BCUT2D eigenvalue weighted by molar-refractivity contribution is -0.120. The van der Waals surface area contributed by atoms with Crippen LogP contribution in [0, 0.1) is 13.8 Å². The summed E-state index contributed by atoms with van der Waals surface area (Å²) in [6.07, 6.45) is 1.94. The van der Waals surface area contributed by atoms with Crippen LogP contribution < -0.4 is 5.32 Å². The summed E-state index contributed by atoms with van der Waals surface area (Å²) in [4.78, 5) is 15.8. The fraction of sp³-hybridized carbons (Fsp3) is 0.286. The number of nitrogens with zero attached hydrogens (tertiary/aromatic N) is 1. The smallest absolute Gasteiger partial charge is 0.224 e. The maximum atomic E-state index is 11.7. The first-order chi connectivity index (χ1) is 8.63. The summed E-state index contributed by atoms with van der Waals surface area (Å²) >= 11 is 0. The Balaban J connectivity index is 1.83. The Morgan fingerprint density at radius 2 is 2.00 bits per heavy atom. The second-order valence-corrected chi connectivity index (χ2v) is 4.30. The summed E-state index contributed by atoms with van der Waals surface area (Å²) in [5.41, 5.74) is 2.94. The van der Waals surface area contributed by atoms with Crippen LogP contribution in [0.25, 0.3) is 0 Å². The highest BCUT2D eigenvalue weighted by molar-refractivity contribution is 5.78. The summed E-state index contributed by atoms with van der Waals surface area (Å²) in [6, 6.07) is 7.94. The van der Waals surface area contributed by atoms with E-state index in [-0.39, 0.29) is 5.91 Å². The van der Waals surface area contributed by atoms with E-state index >= 15 is 0 Å². The lowest BCUT2D eigenvalue weighted by Gasteiger charge is -2.03. The van der Waals surface area contributed by atoms with Crippen molar-refractivity contribution in [2.45, 2.75) is 26.8 Å². The van der Waals surface area contributed by atoms with Crippen LogP contribution in [0.15, 0.2) is 34.9 Å². The normalized spacial score (nSPS) is 10.3. The van der Waals surface area contributed by atoms with E-state index in [0.717, 1.165) is 11.3 Å². The minimum Gasteiger partial charge on any atom is -0.449 e. The topological polar surface area (TPSA) is 55.1 Å². The van der Waals surface area contributed by atoms with Crippen molar-refractivity contribution >= 4 is 5.91 Å². The number of carbonyl (C=O) groups is 1. The molecule has 0 radical (unpaired) electrons. The van der Waals surface area contributed by atoms with Gasteiger partial charge in [0.25, 0.3) is 0 Å². The zero-order valence-corrected chi connectivity index (χ0v) is 10.6. The molecule has 1 N–H and O–H groups in total. The second-order valence-electron chi connectivity index (χ2n) is 4.30. The molecule has 0 aliphatic rings. The van der Waals surface area contributed by atoms with Crippen LogP contribution in [-0.2, 0) is 17.8 Å². The Morgan fingerprint density at radius 3 is 2.61 bits per heavy atom. The molecule has 0 unspecified atom stereocenters. The molecule has 0 saturated carbocycles. The average Bonchev–Trinajstić information content (AvgIpc) is 2.76. The molecule has 2 rings (SSSR count). The maximum Gasteiger partial charge on any atom is 0.224 e. The molecule has 94 valence electrons. The van der Waals surface area contributed by atoms with Gasteiger partial charge in [-0.25, -0.2) is 4.98 Å². The molecule has 4 heteroatoms. The van der Waals surface area contributed by atoms with Gasteiger partial charge in [0.05, 0.1) is 18.7 Å². The lowest BCUT2D eigenvalue weighted by atomic mass is 10.1. The highest BCUT2D eigenvalue weighted by Gasteiger charge is 2.05. The first kappa shape index (κ1) is 12.4. The van der Waals surface area contributed by atoms with Gasteiger partial charge in [-0.1, -0.05) is 29.8 Å². The van der Waals surface area contributed by atoms with Crippen molar-refractivity contribution in [1.82, 2.24) is 10.3 Å². The number of benzene rings is 1. The molecule has 4 nitrogen and oxygen atoms in total. The van der Waals surface area contributed by atoms with Crippen LogP contribution in [0.4, 0.5) is 0 Å². The van der Waals surface area contributed by atoms with Gasteiger partial charge in [0.2, 0.25) is 5.91 Å². The third kappa shape index (κ3) is 3.45. The van der Waals surface area contributed by atoms with Crippen LogP contribution in [0.5, 0.6) is 0 Å². The Morgan fingerprint density at radius 1 is 1.28 bits per heavy atom. The van der Waals surface area contributed by atoms with E-state index in [9.17, 15) is 4.79 Å². The number of hydrogen-bond donors (Lipinski definition) is 1. The Kier molecular flexibility index (Phi) is 3.77. The minimum absolute atomic E-state index is 0.0143. The lowest BCUT2D eigenvalue weighted by Crippen LogP contribution is -2.24. The largest absolute Gasteiger partial charge is 0.449 e. The fourth-order valence-electron chi connectivity index (χ4n) is 1.63. The van der Waals surface area contributed by atoms with E-state index in [1.54, 1.807) is 13.2 Å². The van der Waals surface area contributed by atoms with Crippen LogP contribution in [0.2, 0.25) is 0 Å². The predicted molar refractivity (Wildman–Crippen MR) is 68.0 cm³/mol. The molecule has 1 aromatic carbocycles. The van der Waals surface area contributed by atoms with E-state index in [1.165, 1.54) is 5.56 Å². The van der Waals surface area contributed by atoms with Gasteiger partial charge in [-0.3, -0.25) is 4.79 Å². The van der Waals surface area contributed by atoms with Gasteiger partial charge in [-0.05, 0) is 12.5 Å². The quantitative estimate of drug-likeness (QED) is 0.896. The number of hydrogen-bond acceptors (Lipinski definition) is 3. The van der Waals surface area contributed by atoms with Gasteiger partial charge in [0.1, 0.15) is 6.26 Å².